The largest absolute Gasteiger partial charge is 0.456 e. The number of nitrogens with zero attached hydrogens (tertiary/aromatic N) is 1. The first-order chi connectivity index (χ1) is 40.5. The molecule has 400 valence electrons. The van der Waals surface area contributed by atoms with E-state index in [-0.39, 0.29) is 10.8 Å². The zero-order chi connectivity index (χ0) is 56.2. The molecule has 0 spiro atoms. The summed E-state index contributed by atoms with van der Waals surface area (Å²) in [6.45, 7) is 9.26. The van der Waals surface area contributed by atoms with Crippen molar-refractivity contribution < 1.29 is 8.83 Å². The number of para-hydroxylation sites is 2. The first-order valence-corrected chi connectivity index (χ1v) is 29.2. The summed E-state index contributed by atoms with van der Waals surface area (Å²) in [5.41, 5.74) is 24.8. The molecule has 0 bridgehead atoms. The van der Waals surface area contributed by atoms with Crippen LogP contribution in [0.25, 0.3) is 88.4 Å². The van der Waals surface area contributed by atoms with Crippen molar-refractivity contribution in [3.8, 4) is 44.5 Å². The average molecular weight is 1140 g/mol. The van der Waals surface area contributed by atoms with E-state index in [1.54, 1.807) is 0 Å². The molecule has 0 saturated heterocycles. The van der Waals surface area contributed by atoms with Crippen molar-refractivity contribution in [1.82, 2.24) is 0 Å². The molecule has 0 unspecified atom stereocenters. The SMILES string of the molecule is CC1(C)c2ccccc2-c2cc3oc4cc(Br)ccc4c3cc21.CC1(C)c2ccccc2-c2cc3oc4cc(N(c5ccccc5)c5cccc(-c6ccccc6)c5)ccc4c3cc21.c1ccc(Nc2cccc(-c3ccccc3)c2)cc1. The molecule has 0 radical (unpaired) electrons. The van der Waals surface area contributed by atoms with Gasteiger partial charge in [-0.1, -0.05) is 213 Å². The molecule has 2 heterocycles. The first kappa shape index (κ1) is 51.5. The fraction of sp³-hybridized carbons (Fsp3) is 0.0769. The molecule has 0 aliphatic heterocycles. The quantitative estimate of drug-likeness (QED) is 0.173. The number of benzene rings is 12. The van der Waals surface area contributed by atoms with Gasteiger partial charge in [0.2, 0.25) is 0 Å². The van der Waals surface area contributed by atoms with E-state index in [0.717, 1.165) is 60.6 Å². The smallest absolute Gasteiger partial charge is 0.137 e. The van der Waals surface area contributed by atoms with Crippen molar-refractivity contribution in [1.29, 1.82) is 0 Å². The van der Waals surface area contributed by atoms with Crippen LogP contribution in [0.3, 0.4) is 0 Å². The van der Waals surface area contributed by atoms with E-state index < -0.39 is 0 Å². The third-order valence-corrected chi connectivity index (χ3v) is 17.3. The molecule has 2 aliphatic rings. The highest BCUT2D eigenvalue weighted by Gasteiger charge is 2.37. The Balaban J connectivity index is 0.000000123. The Labute approximate surface area is 493 Å². The minimum Gasteiger partial charge on any atom is -0.456 e. The molecule has 4 nitrogen and oxygen atoms in total. The lowest BCUT2D eigenvalue weighted by atomic mass is 9.82. The molecule has 0 fully saturated rings. The Kier molecular flexibility index (Phi) is 13.0. The standard InChI is InChI=1S/C39H29NO.C21H15BrO.C18H15N/c1-39(2)35-19-10-9-18-31(35)33-25-38-34(24-36(33)39)32-21-20-30(23-37(32)41-38)40(28-15-7-4-8-16-28)29-17-11-14-27(22-29)26-12-5-3-6-13-26;1-21(2)17-6-4-3-5-13(17)15-11-20-16(10-18(15)21)14-8-7-12(22)9-19(14)23-20;1-3-8-15(9-4-1)16-10-7-13-18(14-16)19-17-11-5-2-6-12-17/h3-25H,1-2H3;3-11H,1-2H3;1-14,19H. The number of halogens is 1. The number of furan rings is 2. The fourth-order valence-electron chi connectivity index (χ4n) is 12.6. The Hall–Kier alpha value is -9.68. The fourth-order valence-corrected chi connectivity index (χ4v) is 13.0. The van der Waals surface area contributed by atoms with Gasteiger partial charge in [-0.2, -0.15) is 0 Å². The molecule has 0 saturated carbocycles. The van der Waals surface area contributed by atoms with Crippen LogP contribution in [0.1, 0.15) is 49.9 Å². The molecule has 0 atom stereocenters. The van der Waals surface area contributed by atoms with Gasteiger partial charge < -0.3 is 19.1 Å². The molecule has 0 amide bonds. The predicted molar refractivity (Wildman–Crippen MR) is 352 cm³/mol. The van der Waals surface area contributed by atoms with E-state index in [2.05, 4.69) is 303 Å². The van der Waals surface area contributed by atoms with Gasteiger partial charge in [0.25, 0.3) is 0 Å². The lowest BCUT2D eigenvalue weighted by Gasteiger charge is -2.26. The van der Waals surface area contributed by atoms with E-state index in [9.17, 15) is 0 Å². The number of nitrogens with one attached hydrogen (secondary N) is 1. The third-order valence-electron chi connectivity index (χ3n) is 16.8. The van der Waals surface area contributed by atoms with Crippen molar-refractivity contribution in [3.05, 3.63) is 306 Å². The van der Waals surface area contributed by atoms with Crippen LogP contribution in [0.5, 0.6) is 0 Å². The number of hydrogen-bond acceptors (Lipinski definition) is 4. The lowest BCUT2D eigenvalue weighted by molar-refractivity contribution is 0.657. The minimum atomic E-state index is -0.0441. The Morgan fingerprint density at radius 3 is 1.30 bits per heavy atom. The van der Waals surface area contributed by atoms with Crippen molar-refractivity contribution in [2.75, 3.05) is 10.2 Å². The summed E-state index contributed by atoms with van der Waals surface area (Å²) in [7, 11) is 0. The summed E-state index contributed by atoms with van der Waals surface area (Å²) in [5, 5.41) is 8.11. The van der Waals surface area contributed by atoms with Crippen LogP contribution in [0.2, 0.25) is 0 Å². The van der Waals surface area contributed by atoms with Crippen LogP contribution >= 0.6 is 15.9 Å². The van der Waals surface area contributed by atoms with E-state index in [4.69, 9.17) is 8.83 Å². The van der Waals surface area contributed by atoms with Gasteiger partial charge in [-0.3, -0.25) is 0 Å². The zero-order valence-electron chi connectivity index (χ0n) is 46.7. The second-order valence-electron chi connectivity index (χ2n) is 22.7. The van der Waals surface area contributed by atoms with Crippen LogP contribution in [0.15, 0.2) is 292 Å². The molecule has 5 heteroatoms. The highest BCUT2D eigenvalue weighted by molar-refractivity contribution is 9.10. The molecule has 83 heavy (non-hydrogen) atoms. The molecule has 1 N–H and O–H groups in total. The van der Waals surface area contributed by atoms with Gasteiger partial charge >= 0.3 is 0 Å². The summed E-state index contributed by atoms with van der Waals surface area (Å²) in [6.07, 6.45) is 0. The van der Waals surface area contributed by atoms with E-state index >= 15 is 0 Å². The Morgan fingerprint density at radius 1 is 0.301 bits per heavy atom. The van der Waals surface area contributed by atoms with Crippen LogP contribution in [-0.4, -0.2) is 0 Å². The monoisotopic (exact) mass is 1130 g/mol. The summed E-state index contributed by atoms with van der Waals surface area (Å²) < 4.78 is 13.7. The number of anilines is 5. The van der Waals surface area contributed by atoms with Gasteiger partial charge in [0.1, 0.15) is 22.3 Å². The third kappa shape index (κ3) is 9.47. The van der Waals surface area contributed by atoms with Crippen LogP contribution < -0.4 is 10.2 Å². The van der Waals surface area contributed by atoms with Gasteiger partial charge in [0.15, 0.2) is 0 Å². The van der Waals surface area contributed by atoms with Crippen molar-refractivity contribution in [2.45, 2.75) is 38.5 Å². The van der Waals surface area contributed by atoms with Crippen molar-refractivity contribution >= 4 is 88.2 Å². The Morgan fingerprint density at radius 2 is 0.723 bits per heavy atom. The highest BCUT2D eigenvalue weighted by atomic mass is 79.9. The highest BCUT2D eigenvalue weighted by Crippen LogP contribution is 2.53. The van der Waals surface area contributed by atoms with E-state index in [1.807, 2.05) is 30.3 Å². The summed E-state index contributed by atoms with van der Waals surface area (Å²) in [5.74, 6) is 0. The minimum absolute atomic E-state index is 0.0269. The van der Waals surface area contributed by atoms with Crippen molar-refractivity contribution in [3.63, 3.8) is 0 Å². The molecule has 2 aliphatic carbocycles. The van der Waals surface area contributed by atoms with Gasteiger partial charge in [-0.15, -0.1) is 0 Å². The second kappa shape index (κ2) is 21.0. The maximum atomic E-state index is 6.59. The number of hydrogen-bond donors (Lipinski definition) is 1. The summed E-state index contributed by atoms with van der Waals surface area (Å²) >= 11 is 3.52. The molecular weight excluding hydrogens is 1080 g/mol. The lowest BCUT2D eigenvalue weighted by Crippen LogP contribution is -2.14. The molecule has 12 aromatic carbocycles. The van der Waals surface area contributed by atoms with Gasteiger partial charge in [0.05, 0.1) is 0 Å². The van der Waals surface area contributed by atoms with Crippen LogP contribution in [-0.2, 0) is 10.8 Å². The summed E-state index contributed by atoms with van der Waals surface area (Å²) in [4.78, 5) is 2.30. The average Bonchev–Trinajstić information content (AvgIpc) is 4.11. The maximum absolute atomic E-state index is 6.59. The van der Waals surface area contributed by atoms with Crippen LogP contribution in [0, 0.1) is 0 Å². The normalized spacial score (nSPS) is 13.1. The molecule has 16 rings (SSSR count). The first-order valence-electron chi connectivity index (χ1n) is 28.4. The van der Waals surface area contributed by atoms with Crippen molar-refractivity contribution in [2.24, 2.45) is 0 Å². The predicted octanol–water partition coefficient (Wildman–Crippen LogP) is 22.8. The maximum Gasteiger partial charge on any atom is 0.137 e. The van der Waals surface area contributed by atoms with E-state index in [1.165, 1.54) is 82.9 Å². The van der Waals surface area contributed by atoms with Gasteiger partial charge in [-0.05, 0) is 170 Å². The number of fused-ring (bicyclic) bond motifs is 12. The molecule has 2 aromatic heterocycles. The zero-order valence-corrected chi connectivity index (χ0v) is 48.3. The topological polar surface area (TPSA) is 41.6 Å². The summed E-state index contributed by atoms with van der Waals surface area (Å²) in [6, 6.07) is 98.4. The Bertz CT molecular complexity index is 4710. The van der Waals surface area contributed by atoms with Gasteiger partial charge in [-0.25, -0.2) is 0 Å². The molecule has 14 aromatic rings. The van der Waals surface area contributed by atoms with Gasteiger partial charge in [0, 0.05) is 71.4 Å². The van der Waals surface area contributed by atoms with Crippen LogP contribution in [0.4, 0.5) is 28.4 Å². The number of rotatable bonds is 7. The molecular formula is C78H59BrN2O2. The van der Waals surface area contributed by atoms with E-state index in [0.29, 0.717) is 0 Å². The second-order valence-corrected chi connectivity index (χ2v) is 23.6.